The minimum atomic E-state index is 0.885. The van der Waals surface area contributed by atoms with E-state index in [1.165, 1.54) is 39.3 Å². The lowest BCUT2D eigenvalue weighted by Crippen LogP contribution is -2.57. The maximum Gasteiger partial charge on any atom is 0.0350 e. The van der Waals surface area contributed by atoms with Gasteiger partial charge in [-0.15, -0.1) is 0 Å². The fourth-order valence-electron chi connectivity index (χ4n) is 3.46. The molecule has 0 radical (unpaired) electrons. The van der Waals surface area contributed by atoms with Crippen LogP contribution in [-0.4, -0.2) is 74.1 Å². The zero-order valence-corrected chi connectivity index (χ0v) is 9.32. The Morgan fingerprint density at radius 2 is 1.21 bits per heavy atom. The summed E-state index contributed by atoms with van der Waals surface area (Å²) in [4.78, 5) is 7.66. The first-order chi connectivity index (χ1) is 6.72. The molecule has 0 aromatic rings. The van der Waals surface area contributed by atoms with Gasteiger partial charge in [-0.05, 0) is 25.9 Å². The van der Waals surface area contributed by atoms with Crippen LogP contribution in [0.5, 0.6) is 0 Å². The quantitative estimate of drug-likeness (QED) is 0.573. The van der Waals surface area contributed by atoms with Crippen LogP contribution in [0.4, 0.5) is 0 Å². The van der Waals surface area contributed by atoms with Crippen molar-refractivity contribution in [2.75, 3.05) is 53.4 Å². The first kappa shape index (κ1) is 9.13. The molecule has 3 rings (SSSR count). The Balaban J connectivity index is 1.57. The van der Waals surface area contributed by atoms with E-state index in [9.17, 15) is 0 Å². The molecule has 80 valence electrons. The monoisotopic (exact) mass is 195 g/mol. The first-order valence-electron chi connectivity index (χ1n) is 5.83. The van der Waals surface area contributed by atoms with E-state index in [0.717, 1.165) is 17.9 Å². The van der Waals surface area contributed by atoms with Gasteiger partial charge < -0.3 is 9.80 Å². The third kappa shape index (κ3) is 1.38. The van der Waals surface area contributed by atoms with Gasteiger partial charge in [0.25, 0.3) is 0 Å². The number of nitrogens with zero attached hydrogens (tertiary/aromatic N) is 3. The van der Waals surface area contributed by atoms with Gasteiger partial charge in [-0.1, -0.05) is 0 Å². The summed E-state index contributed by atoms with van der Waals surface area (Å²) in [6.07, 6.45) is 0. The van der Waals surface area contributed by atoms with Crippen LogP contribution >= 0.6 is 0 Å². The summed E-state index contributed by atoms with van der Waals surface area (Å²) >= 11 is 0. The van der Waals surface area contributed by atoms with Gasteiger partial charge in [0.15, 0.2) is 0 Å². The molecule has 0 aliphatic carbocycles. The van der Waals surface area contributed by atoms with Crippen LogP contribution in [0, 0.1) is 11.8 Å². The van der Waals surface area contributed by atoms with E-state index < -0.39 is 0 Å². The van der Waals surface area contributed by atoms with Crippen molar-refractivity contribution in [1.82, 2.24) is 14.7 Å². The normalized spacial score (nSPS) is 41.6. The molecule has 3 fully saturated rings. The molecular weight excluding hydrogens is 174 g/mol. The standard InChI is InChI=1S/C11H21N3/c1-12-3-9-5-14(6-10(9)4-12)11-7-13(2)8-11/h9-11H,3-8H2,1-2H3/t9-,10+. The summed E-state index contributed by atoms with van der Waals surface area (Å²) in [6, 6.07) is 0.885. The predicted molar refractivity (Wildman–Crippen MR) is 57.3 cm³/mol. The molecule has 3 nitrogen and oxygen atoms in total. The second-order valence-corrected chi connectivity index (χ2v) is 5.57. The fraction of sp³-hybridized carbons (Fsp3) is 1.00. The van der Waals surface area contributed by atoms with Crippen LogP contribution in [-0.2, 0) is 0 Å². The van der Waals surface area contributed by atoms with Crippen molar-refractivity contribution in [1.29, 1.82) is 0 Å². The Morgan fingerprint density at radius 3 is 1.71 bits per heavy atom. The second-order valence-electron chi connectivity index (χ2n) is 5.57. The van der Waals surface area contributed by atoms with Crippen LogP contribution in [0.2, 0.25) is 0 Å². The van der Waals surface area contributed by atoms with Crippen LogP contribution in [0.1, 0.15) is 0 Å². The van der Waals surface area contributed by atoms with E-state index in [1.807, 2.05) is 0 Å². The zero-order valence-electron chi connectivity index (χ0n) is 9.32. The predicted octanol–water partition coefficient (Wildman–Crippen LogP) is -0.206. The van der Waals surface area contributed by atoms with Crippen molar-refractivity contribution >= 4 is 0 Å². The molecule has 2 atom stereocenters. The smallest absolute Gasteiger partial charge is 0.0350 e. The van der Waals surface area contributed by atoms with Crippen molar-refractivity contribution in [2.45, 2.75) is 6.04 Å². The number of rotatable bonds is 1. The molecule has 3 saturated heterocycles. The van der Waals surface area contributed by atoms with Crippen molar-refractivity contribution in [3.05, 3.63) is 0 Å². The third-order valence-corrected chi connectivity index (χ3v) is 4.26. The largest absolute Gasteiger partial charge is 0.306 e. The first-order valence-corrected chi connectivity index (χ1v) is 5.83. The molecule has 0 spiro atoms. The fourth-order valence-corrected chi connectivity index (χ4v) is 3.46. The Morgan fingerprint density at radius 1 is 0.714 bits per heavy atom. The third-order valence-electron chi connectivity index (χ3n) is 4.26. The molecule has 0 aromatic carbocycles. The van der Waals surface area contributed by atoms with E-state index in [2.05, 4.69) is 28.8 Å². The van der Waals surface area contributed by atoms with Crippen LogP contribution in [0.3, 0.4) is 0 Å². The topological polar surface area (TPSA) is 9.72 Å². The molecule has 3 aliphatic heterocycles. The summed E-state index contributed by atoms with van der Waals surface area (Å²) in [5.74, 6) is 1.96. The lowest BCUT2D eigenvalue weighted by atomic mass is 10.0. The van der Waals surface area contributed by atoms with Gasteiger partial charge in [-0.3, -0.25) is 4.90 Å². The van der Waals surface area contributed by atoms with Crippen LogP contribution in [0.25, 0.3) is 0 Å². The van der Waals surface area contributed by atoms with Gasteiger partial charge in [0.2, 0.25) is 0 Å². The van der Waals surface area contributed by atoms with Gasteiger partial charge in [-0.2, -0.15) is 0 Å². The maximum absolute atomic E-state index is 2.74. The molecular formula is C11H21N3. The SMILES string of the molecule is CN1CC(N2C[C@H]3CN(C)C[C@H]3C2)C1. The Bertz CT molecular complexity index is 211. The van der Waals surface area contributed by atoms with Gasteiger partial charge in [0.1, 0.15) is 0 Å². The number of hydrogen-bond acceptors (Lipinski definition) is 3. The number of hydrogen-bond donors (Lipinski definition) is 0. The van der Waals surface area contributed by atoms with Crippen LogP contribution in [0.15, 0.2) is 0 Å². The lowest BCUT2D eigenvalue weighted by Gasteiger charge is -2.42. The van der Waals surface area contributed by atoms with Crippen molar-refractivity contribution in [3.63, 3.8) is 0 Å². The van der Waals surface area contributed by atoms with Gasteiger partial charge in [0.05, 0.1) is 0 Å². The van der Waals surface area contributed by atoms with Crippen LogP contribution < -0.4 is 0 Å². The minimum Gasteiger partial charge on any atom is -0.306 e. The highest BCUT2D eigenvalue weighted by Crippen LogP contribution is 2.32. The van der Waals surface area contributed by atoms with Gasteiger partial charge in [-0.25, -0.2) is 0 Å². The molecule has 0 unspecified atom stereocenters. The molecule has 3 heterocycles. The minimum absolute atomic E-state index is 0.885. The zero-order chi connectivity index (χ0) is 9.71. The number of likely N-dealkylation sites (N-methyl/N-ethyl adjacent to an activating group) is 1. The Labute approximate surface area is 86.7 Å². The number of fused-ring (bicyclic) bond motifs is 1. The van der Waals surface area contributed by atoms with E-state index in [1.54, 1.807) is 0 Å². The van der Waals surface area contributed by atoms with Gasteiger partial charge in [0, 0.05) is 45.3 Å². The van der Waals surface area contributed by atoms with E-state index in [4.69, 9.17) is 0 Å². The highest BCUT2D eigenvalue weighted by atomic mass is 15.3. The second kappa shape index (κ2) is 3.19. The summed E-state index contributed by atoms with van der Waals surface area (Å²) in [5.41, 5.74) is 0. The number of likely N-dealkylation sites (tertiary alicyclic amines) is 3. The van der Waals surface area contributed by atoms with Crippen molar-refractivity contribution in [2.24, 2.45) is 11.8 Å². The molecule has 3 aliphatic rings. The average Bonchev–Trinajstić information content (AvgIpc) is 2.54. The lowest BCUT2D eigenvalue weighted by molar-refractivity contribution is 0.0617. The molecule has 0 amide bonds. The highest BCUT2D eigenvalue weighted by molar-refractivity contribution is 4.97. The molecule has 3 heteroatoms. The summed E-state index contributed by atoms with van der Waals surface area (Å²) in [5, 5.41) is 0. The molecule has 14 heavy (non-hydrogen) atoms. The average molecular weight is 195 g/mol. The maximum atomic E-state index is 2.74. The molecule has 0 N–H and O–H groups in total. The highest BCUT2D eigenvalue weighted by Gasteiger charge is 2.42. The molecule has 0 bridgehead atoms. The summed E-state index contributed by atoms with van der Waals surface area (Å²) in [7, 11) is 4.49. The van der Waals surface area contributed by atoms with Crippen molar-refractivity contribution in [3.8, 4) is 0 Å². The molecule has 0 saturated carbocycles. The summed E-state index contributed by atoms with van der Waals surface area (Å²) in [6.45, 7) is 8.01. The van der Waals surface area contributed by atoms with E-state index >= 15 is 0 Å². The van der Waals surface area contributed by atoms with E-state index in [-0.39, 0.29) is 0 Å². The van der Waals surface area contributed by atoms with Gasteiger partial charge >= 0.3 is 0 Å². The Hall–Kier alpha value is -0.120. The van der Waals surface area contributed by atoms with E-state index in [0.29, 0.717) is 0 Å². The molecule has 0 aromatic heterocycles. The summed E-state index contributed by atoms with van der Waals surface area (Å²) < 4.78 is 0. The van der Waals surface area contributed by atoms with Crippen molar-refractivity contribution < 1.29 is 0 Å². The Kier molecular flexibility index (Phi) is 2.08.